The molecule has 0 saturated heterocycles. The van der Waals surface area contributed by atoms with Crippen molar-refractivity contribution in [3.8, 4) is 0 Å². The molecule has 0 aliphatic heterocycles. The molecule has 1 heterocycles. The van der Waals surface area contributed by atoms with E-state index in [1.54, 1.807) is 0 Å². The molecular formula is C8H11F2NSi. The molecule has 0 aliphatic rings. The summed E-state index contributed by atoms with van der Waals surface area (Å²) in [4.78, 5) is 3.43. The first-order valence-electron chi connectivity index (χ1n) is 3.73. The molecule has 0 saturated carbocycles. The molecule has 0 aliphatic carbocycles. The Kier molecular flexibility index (Phi) is 2.28. The summed E-state index contributed by atoms with van der Waals surface area (Å²) >= 11 is 0. The molecule has 1 nitrogen and oxygen atoms in total. The van der Waals surface area contributed by atoms with Gasteiger partial charge in [0.05, 0.1) is 8.07 Å². The van der Waals surface area contributed by atoms with E-state index in [0.717, 1.165) is 6.20 Å². The molecular weight excluding hydrogens is 176 g/mol. The van der Waals surface area contributed by atoms with E-state index < -0.39 is 19.8 Å². The van der Waals surface area contributed by atoms with Crippen molar-refractivity contribution in [1.29, 1.82) is 0 Å². The SMILES string of the molecule is C[Si](C)(C)c1c(F)ccnc1F. The summed E-state index contributed by atoms with van der Waals surface area (Å²) in [6.45, 7) is 5.66. The lowest BCUT2D eigenvalue weighted by Gasteiger charge is -2.16. The Hall–Kier alpha value is -0.773. The molecule has 1 rings (SSSR count). The molecule has 0 atom stereocenters. The van der Waals surface area contributed by atoms with Crippen molar-refractivity contribution in [2.24, 2.45) is 0 Å². The van der Waals surface area contributed by atoms with Crippen LogP contribution in [0.2, 0.25) is 19.6 Å². The summed E-state index contributed by atoms with van der Waals surface area (Å²) in [7, 11) is -1.93. The fourth-order valence-corrected chi connectivity index (χ4v) is 2.57. The second-order valence-electron chi connectivity index (χ2n) is 3.71. The summed E-state index contributed by atoms with van der Waals surface area (Å²) in [5, 5.41) is 0.185. The van der Waals surface area contributed by atoms with Gasteiger partial charge in [0.2, 0.25) is 5.95 Å². The van der Waals surface area contributed by atoms with Crippen LogP contribution in [0.15, 0.2) is 12.3 Å². The minimum Gasteiger partial charge on any atom is -0.228 e. The Morgan fingerprint density at radius 3 is 2.17 bits per heavy atom. The number of rotatable bonds is 1. The number of hydrogen-bond acceptors (Lipinski definition) is 1. The minimum absolute atomic E-state index is 0.185. The Morgan fingerprint density at radius 1 is 1.25 bits per heavy atom. The van der Waals surface area contributed by atoms with Crippen molar-refractivity contribution < 1.29 is 8.78 Å². The first kappa shape index (κ1) is 9.32. The summed E-state index contributed by atoms with van der Waals surface area (Å²) < 4.78 is 26.1. The van der Waals surface area contributed by atoms with Gasteiger partial charge in [-0.15, -0.1) is 0 Å². The van der Waals surface area contributed by atoms with Crippen LogP contribution in [0.1, 0.15) is 0 Å². The molecule has 1 aromatic heterocycles. The van der Waals surface area contributed by atoms with E-state index in [4.69, 9.17) is 0 Å². The van der Waals surface area contributed by atoms with E-state index in [1.807, 2.05) is 19.6 Å². The monoisotopic (exact) mass is 187 g/mol. The van der Waals surface area contributed by atoms with Gasteiger partial charge in [0.15, 0.2) is 0 Å². The van der Waals surface area contributed by atoms with Crippen molar-refractivity contribution in [2.75, 3.05) is 0 Å². The van der Waals surface area contributed by atoms with Crippen LogP contribution in [0.3, 0.4) is 0 Å². The third-order valence-electron chi connectivity index (χ3n) is 1.60. The van der Waals surface area contributed by atoms with Crippen LogP contribution in [0.25, 0.3) is 0 Å². The number of halogens is 2. The third-order valence-corrected chi connectivity index (χ3v) is 3.55. The Morgan fingerprint density at radius 2 is 1.83 bits per heavy atom. The van der Waals surface area contributed by atoms with Crippen LogP contribution in [-0.4, -0.2) is 13.1 Å². The van der Waals surface area contributed by atoms with Gasteiger partial charge < -0.3 is 0 Å². The molecule has 0 amide bonds. The highest BCUT2D eigenvalue weighted by Crippen LogP contribution is 2.07. The van der Waals surface area contributed by atoms with Crippen LogP contribution in [-0.2, 0) is 0 Å². The molecule has 0 unspecified atom stereocenters. The molecule has 0 aromatic carbocycles. The van der Waals surface area contributed by atoms with Gasteiger partial charge >= 0.3 is 0 Å². The molecule has 12 heavy (non-hydrogen) atoms. The van der Waals surface area contributed by atoms with Gasteiger partial charge in [0, 0.05) is 11.4 Å². The molecule has 0 spiro atoms. The highest BCUT2D eigenvalue weighted by molar-refractivity contribution is 6.88. The lowest BCUT2D eigenvalue weighted by Crippen LogP contribution is -2.42. The summed E-state index contributed by atoms with van der Waals surface area (Å²) in [6.07, 6.45) is 1.15. The van der Waals surface area contributed by atoms with Crippen molar-refractivity contribution >= 4 is 13.3 Å². The third kappa shape index (κ3) is 1.69. The zero-order chi connectivity index (χ0) is 9.35. The Bertz CT molecular complexity index is 273. The highest BCUT2D eigenvalue weighted by atomic mass is 28.3. The fourth-order valence-electron chi connectivity index (χ4n) is 1.08. The van der Waals surface area contributed by atoms with Crippen LogP contribution < -0.4 is 5.19 Å². The second-order valence-corrected chi connectivity index (χ2v) is 8.71. The van der Waals surface area contributed by atoms with E-state index in [0.29, 0.717) is 0 Å². The van der Waals surface area contributed by atoms with Gasteiger partial charge in [-0.3, -0.25) is 0 Å². The predicted molar refractivity (Wildman–Crippen MR) is 47.1 cm³/mol. The molecule has 0 bridgehead atoms. The summed E-state index contributed by atoms with van der Waals surface area (Å²) in [5.41, 5.74) is 0. The summed E-state index contributed by atoms with van der Waals surface area (Å²) in [6, 6.07) is 1.21. The van der Waals surface area contributed by atoms with Gasteiger partial charge in [-0.2, -0.15) is 4.39 Å². The average Bonchev–Trinajstić information content (AvgIpc) is 1.82. The first-order chi connectivity index (χ1) is 5.43. The molecule has 0 radical (unpaired) electrons. The van der Waals surface area contributed by atoms with Gasteiger partial charge in [0.1, 0.15) is 5.82 Å². The summed E-state index contributed by atoms with van der Waals surface area (Å²) in [5.74, 6) is -1.13. The topological polar surface area (TPSA) is 12.9 Å². The van der Waals surface area contributed by atoms with E-state index in [9.17, 15) is 8.78 Å². The van der Waals surface area contributed by atoms with E-state index in [-0.39, 0.29) is 5.19 Å². The van der Waals surface area contributed by atoms with Crippen LogP contribution >= 0.6 is 0 Å². The zero-order valence-electron chi connectivity index (χ0n) is 7.36. The maximum Gasteiger partial charge on any atom is 0.214 e. The van der Waals surface area contributed by atoms with Crippen LogP contribution in [0, 0.1) is 11.8 Å². The van der Waals surface area contributed by atoms with E-state index in [2.05, 4.69) is 4.98 Å². The maximum absolute atomic E-state index is 13.1. The zero-order valence-corrected chi connectivity index (χ0v) is 8.36. The number of nitrogens with zero attached hydrogens (tertiary/aromatic N) is 1. The van der Waals surface area contributed by atoms with Crippen LogP contribution in [0.4, 0.5) is 8.78 Å². The molecule has 0 N–H and O–H groups in total. The van der Waals surface area contributed by atoms with Crippen molar-refractivity contribution in [3.63, 3.8) is 0 Å². The largest absolute Gasteiger partial charge is 0.228 e. The second kappa shape index (κ2) is 2.93. The van der Waals surface area contributed by atoms with Crippen molar-refractivity contribution in [2.45, 2.75) is 19.6 Å². The number of pyridine rings is 1. The molecule has 66 valence electrons. The lowest BCUT2D eigenvalue weighted by atomic mass is 10.5. The quantitative estimate of drug-likeness (QED) is 0.483. The van der Waals surface area contributed by atoms with Crippen LogP contribution in [0.5, 0.6) is 0 Å². The van der Waals surface area contributed by atoms with Crippen molar-refractivity contribution in [1.82, 2.24) is 4.98 Å². The maximum atomic E-state index is 13.1. The Labute approximate surface area is 71.5 Å². The Balaban J connectivity index is 3.31. The van der Waals surface area contributed by atoms with Gasteiger partial charge in [0.25, 0.3) is 0 Å². The standard InChI is InChI=1S/C8H11F2NSi/c1-12(2,3)7-6(9)4-5-11-8(7)10/h4-5H,1-3H3. The molecule has 0 fully saturated rings. The highest BCUT2D eigenvalue weighted by Gasteiger charge is 2.25. The lowest BCUT2D eigenvalue weighted by molar-refractivity contribution is 0.564. The van der Waals surface area contributed by atoms with E-state index in [1.165, 1.54) is 6.07 Å². The number of aromatic nitrogens is 1. The van der Waals surface area contributed by atoms with Gasteiger partial charge in [-0.1, -0.05) is 19.6 Å². The van der Waals surface area contributed by atoms with Crippen molar-refractivity contribution in [3.05, 3.63) is 24.0 Å². The minimum atomic E-state index is -1.93. The normalized spacial score (nSPS) is 11.8. The average molecular weight is 187 g/mol. The molecule has 4 heteroatoms. The van der Waals surface area contributed by atoms with Gasteiger partial charge in [-0.05, 0) is 6.07 Å². The predicted octanol–water partition coefficient (Wildman–Crippen LogP) is 1.91. The smallest absolute Gasteiger partial charge is 0.214 e. The fraction of sp³-hybridized carbons (Fsp3) is 0.375. The molecule has 1 aromatic rings. The first-order valence-corrected chi connectivity index (χ1v) is 7.23. The van der Waals surface area contributed by atoms with Gasteiger partial charge in [-0.25, -0.2) is 9.37 Å². The number of hydrogen-bond donors (Lipinski definition) is 0. The van der Waals surface area contributed by atoms with E-state index >= 15 is 0 Å².